The monoisotopic (exact) mass is 243 g/mol. The van der Waals surface area contributed by atoms with Crippen LogP contribution in [0.5, 0.6) is 5.75 Å². The SMILES string of the molecule is CCCOc1cc(C)nc(CBr)c1. The minimum absolute atomic E-state index is 0.769. The predicted octanol–water partition coefficient (Wildman–Crippen LogP) is 3.07. The Morgan fingerprint density at radius 1 is 1.46 bits per heavy atom. The van der Waals surface area contributed by atoms with Crippen LogP contribution >= 0.6 is 15.9 Å². The van der Waals surface area contributed by atoms with Crippen LogP contribution in [0.3, 0.4) is 0 Å². The van der Waals surface area contributed by atoms with Crippen molar-refractivity contribution in [3.63, 3.8) is 0 Å². The molecule has 0 spiro atoms. The molecule has 0 saturated carbocycles. The number of aryl methyl sites for hydroxylation is 1. The molecule has 0 N–H and O–H groups in total. The van der Waals surface area contributed by atoms with E-state index in [1.807, 2.05) is 19.1 Å². The van der Waals surface area contributed by atoms with Gasteiger partial charge in [0.2, 0.25) is 0 Å². The summed E-state index contributed by atoms with van der Waals surface area (Å²) in [6, 6.07) is 3.93. The number of ether oxygens (including phenoxy) is 1. The number of pyridine rings is 1. The zero-order valence-corrected chi connectivity index (χ0v) is 9.60. The molecular weight excluding hydrogens is 230 g/mol. The molecule has 1 aromatic heterocycles. The van der Waals surface area contributed by atoms with E-state index >= 15 is 0 Å². The van der Waals surface area contributed by atoms with Crippen LogP contribution in [0.15, 0.2) is 12.1 Å². The zero-order valence-electron chi connectivity index (χ0n) is 8.01. The van der Waals surface area contributed by atoms with Gasteiger partial charge in [-0.1, -0.05) is 22.9 Å². The lowest BCUT2D eigenvalue weighted by atomic mass is 10.3. The molecule has 0 radical (unpaired) electrons. The van der Waals surface area contributed by atoms with E-state index in [1.165, 1.54) is 0 Å². The molecule has 1 rings (SSSR count). The quantitative estimate of drug-likeness (QED) is 0.759. The average Bonchev–Trinajstić information content (AvgIpc) is 2.14. The highest BCUT2D eigenvalue weighted by molar-refractivity contribution is 9.08. The van der Waals surface area contributed by atoms with Gasteiger partial charge in [0.15, 0.2) is 0 Å². The number of nitrogens with zero attached hydrogens (tertiary/aromatic N) is 1. The van der Waals surface area contributed by atoms with E-state index < -0.39 is 0 Å². The molecular formula is C10H14BrNO. The molecule has 2 nitrogen and oxygen atoms in total. The Bertz CT molecular complexity index is 276. The molecule has 1 heterocycles. The third-order valence-corrected chi connectivity index (χ3v) is 2.16. The van der Waals surface area contributed by atoms with Gasteiger partial charge in [-0.3, -0.25) is 4.98 Å². The van der Waals surface area contributed by atoms with E-state index in [0.717, 1.165) is 35.5 Å². The summed E-state index contributed by atoms with van der Waals surface area (Å²) in [6.45, 7) is 4.84. The molecule has 0 aliphatic rings. The van der Waals surface area contributed by atoms with Crippen LogP contribution < -0.4 is 4.74 Å². The van der Waals surface area contributed by atoms with Gasteiger partial charge < -0.3 is 4.74 Å². The summed E-state index contributed by atoms with van der Waals surface area (Å²) in [5.74, 6) is 0.920. The largest absolute Gasteiger partial charge is 0.493 e. The van der Waals surface area contributed by atoms with Gasteiger partial charge in [-0.15, -0.1) is 0 Å². The minimum atomic E-state index is 0.769. The summed E-state index contributed by atoms with van der Waals surface area (Å²) >= 11 is 3.38. The second-order valence-corrected chi connectivity index (χ2v) is 3.48. The summed E-state index contributed by atoms with van der Waals surface area (Å²) in [4.78, 5) is 4.33. The van der Waals surface area contributed by atoms with E-state index in [1.54, 1.807) is 0 Å². The zero-order chi connectivity index (χ0) is 9.68. The van der Waals surface area contributed by atoms with Gasteiger partial charge in [0.05, 0.1) is 12.3 Å². The van der Waals surface area contributed by atoms with Crippen LogP contribution in [-0.2, 0) is 5.33 Å². The molecule has 0 atom stereocenters. The first kappa shape index (κ1) is 10.5. The molecule has 72 valence electrons. The molecule has 0 aliphatic heterocycles. The van der Waals surface area contributed by atoms with E-state index in [-0.39, 0.29) is 0 Å². The van der Waals surface area contributed by atoms with Crippen molar-refractivity contribution in [3.05, 3.63) is 23.5 Å². The van der Waals surface area contributed by atoms with Gasteiger partial charge in [0.1, 0.15) is 5.75 Å². The van der Waals surface area contributed by atoms with Crippen LogP contribution in [0.25, 0.3) is 0 Å². The third-order valence-electron chi connectivity index (χ3n) is 1.59. The van der Waals surface area contributed by atoms with Gasteiger partial charge in [0, 0.05) is 23.2 Å². The van der Waals surface area contributed by atoms with E-state index in [9.17, 15) is 0 Å². The minimum Gasteiger partial charge on any atom is -0.493 e. The van der Waals surface area contributed by atoms with Crippen molar-refractivity contribution in [2.24, 2.45) is 0 Å². The van der Waals surface area contributed by atoms with Crippen molar-refractivity contribution in [2.75, 3.05) is 6.61 Å². The van der Waals surface area contributed by atoms with Crippen molar-refractivity contribution in [2.45, 2.75) is 25.6 Å². The van der Waals surface area contributed by atoms with Gasteiger partial charge in [-0.25, -0.2) is 0 Å². The van der Waals surface area contributed by atoms with Crippen LogP contribution in [-0.4, -0.2) is 11.6 Å². The maximum Gasteiger partial charge on any atom is 0.122 e. The summed E-state index contributed by atoms with van der Waals surface area (Å²) < 4.78 is 5.52. The Labute approximate surface area is 87.5 Å². The average molecular weight is 244 g/mol. The maximum atomic E-state index is 5.52. The lowest BCUT2D eigenvalue weighted by Gasteiger charge is -2.06. The standard InChI is InChI=1S/C10H14BrNO/c1-3-4-13-10-5-8(2)12-9(6-10)7-11/h5-6H,3-4,7H2,1-2H3. The van der Waals surface area contributed by atoms with Crippen molar-refractivity contribution in [3.8, 4) is 5.75 Å². The van der Waals surface area contributed by atoms with Crippen molar-refractivity contribution < 1.29 is 4.74 Å². The van der Waals surface area contributed by atoms with Crippen molar-refractivity contribution in [1.29, 1.82) is 0 Å². The summed E-state index contributed by atoms with van der Waals surface area (Å²) in [5, 5.41) is 0.775. The highest BCUT2D eigenvalue weighted by Crippen LogP contribution is 2.15. The topological polar surface area (TPSA) is 22.1 Å². The second kappa shape index (κ2) is 5.22. The van der Waals surface area contributed by atoms with E-state index in [2.05, 4.69) is 27.8 Å². The molecule has 0 unspecified atom stereocenters. The molecule has 0 fully saturated rings. The fourth-order valence-electron chi connectivity index (χ4n) is 1.07. The lowest BCUT2D eigenvalue weighted by molar-refractivity contribution is 0.316. The number of alkyl halides is 1. The number of hydrogen-bond acceptors (Lipinski definition) is 2. The number of aromatic nitrogens is 1. The fourth-order valence-corrected chi connectivity index (χ4v) is 1.36. The molecule has 0 aromatic carbocycles. The lowest BCUT2D eigenvalue weighted by Crippen LogP contribution is -1.97. The van der Waals surface area contributed by atoms with E-state index in [0.29, 0.717) is 0 Å². The van der Waals surface area contributed by atoms with Gasteiger partial charge >= 0.3 is 0 Å². The summed E-state index contributed by atoms with van der Waals surface area (Å²) in [5.41, 5.74) is 2.02. The van der Waals surface area contributed by atoms with Crippen molar-refractivity contribution in [1.82, 2.24) is 4.98 Å². The van der Waals surface area contributed by atoms with Crippen LogP contribution in [0.4, 0.5) is 0 Å². The summed E-state index contributed by atoms with van der Waals surface area (Å²) in [6.07, 6.45) is 1.03. The van der Waals surface area contributed by atoms with Gasteiger partial charge in [-0.05, 0) is 13.3 Å². The van der Waals surface area contributed by atoms with Crippen LogP contribution in [0, 0.1) is 6.92 Å². The second-order valence-electron chi connectivity index (χ2n) is 2.92. The van der Waals surface area contributed by atoms with Crippen LogP contribution in [0.1, 0.15) is 24.7 Å². The molecule has 0 bridgehead atoms. The molecule has 13 heavy (non-hydrogen) atoms. The van der Waals surface area contributed by atoms with Crippen molar-refractivity contribution >= 4 is 15.9 Å². The molecule has 0 saturated heterocycles. The number of rotatable bonds is 4. The predicted molar refractivity (Wildman–Crippen MR) is 57.4 cm³/mol. The Hall–Kier alpha value is -0.570. The van der Waals surface area contributed by atoms with E-state index in [4.69, 9.17) is 4.74 Å². The normalized spacial score (nSPS) is 10.1. The number of hydrogen-bond donors (Lipinski definition) is 0. The first-order valence-electron chi connectivity index (χ1n) is 4.42. The first-order chi connectivity index (χ1) is 6.26. The molecule has 3 heteroatoms. The Morgan fingerprint density at radius 2 is 2.23 bits per heavy atom. The van der Waals surface area contributed by atoms with Crippen LogP contribution in [0.2, 0.25) is 0 Å². The fraction of sp³-hybridized carbons (Fsp3) is 0.500. The Morgan fingerprint density at radius 3 is 2.85 bits per heavy atom. The highest BCUT2D eigenvalue weighted by atomic mass is 79.9. The number of halogens is 1. The summed E-state index contributed by atoms with van der Waals surface area (Å²) in [7, 11) is 0. The Balaban J connectivity index is 2.76. The van der Waals surface area contributed by atoms with Gasteiger partial charge in [-0.2, -0.15) is 0 Å². The molecule has 1 aromatic rings. The third kappa shape index (κ3) is 3.35. The van der Waals surface area contributed by atoms with Gasteiger partial charge in [0.25, 0.3) is 0 Å². The smallest absolute Gasteiger partial charge is 0.122 e. The maximum absolute atomic E-state index is 5.52. The Kier molecular flexibility index (Phi) is 4.22. The molecule has 0 amide bonds. The molecule has 0 aliphatic carbocycles. The highest BCUT2D eigenvalue weighted by Gasteiger charge is 1.99. The first-order valence-corrected chi connectivity index (χ1v) is 5.54.